The van der Waals surface area contributed by atoms with Gasteiger partial charge in [0, 0.05) is 23.1 Å². The second kappa shape index (κ2) is 6.27. The minimum Gasteiger partial charge on any atom is -0.338 e. The van der Waals surface area contributed by atoms with Crippen LogP contribution < -0.4 is 5.32 Å². The average molecular weight is 369 g/mol. The van der Waals surface area contributed by atoms with Crippen molar-refractivity contribution in [3.05, 3.63) is 72.3 Å². The molecule has 0 spiro atoms. The summed E-state index contributed by atoms with van der Waals surface area (Å²) in [6, 6.07) is 17.1. The lowest BCUT2D eigenvalue weighted by molar-refractivity contribution is 0.101. The highest BCUT2D eigenvalue weighted by molar-refractivity contribution is 6.01. The van der Waals surface area contributed by atoms with Gasteiger partial charge in [-0.05, 0) is 49.4 Å². The zero-order valence-electron chi connectivity index (χ0n) is 14.9. The summed E-state index contributed by atoms with van der Waals surface area (Å²) in [7, 11) is 0. The van der Waals surface area contributed by atoms with Crippen LogP contribution in [-0.2, 0) is 0 Å². The summed E-state index contributed by atoms with van der Waals surface area (Å²) in [6.07, 6.45) is 1.64. The van der Waals surface area contributed by atoms with E-state index < -0.39 is 0 Å². The zero-order chi connectivity index (χ0) is 19.1. The van der Waals surface area contributed by atoms with Crippen LogP contribution in [0, 0.1) is 6.92 Å². The Hall–Kier alpha value is -4.07. The third-order valence-corrected chi connectivity index (χ3v) is 4.44. The van der Waals surface area contributed by atoms with Crippen molar-refractivity contribution in [1.82, 2.24) is 29.5 Å². The van der Waals surface area contributed by atoms with E-state index in [0.29, 0.717) is 11.5 Å². The summed E-state index contributed by atoms with van der Waals surface area (Å²) in [5, 5.41) is 7.02. The Morgan fingerprint density at radius 2 is 1.86 bits per heavy atom. The van der Waals surface area contributed by atoms with E-state index in [2.05, 4.69) is 30.4 Å². The van der Waals surface area contributed by atoms with Crippen molar-refractivity contribution < 1.29 is 4.79 Å². The summed E-state index contributed by atoms with van der Waals surface area (Å²) in [4.78, 5) is 28.6. The minimum atomic E-state index is -0.388. The number of H-pyrrole nitrogens is 1. The summed E-state index contributed by atoms with van der Waals surface area (Å²) in [5.74, 6) is 0.859. The summed E-state index contributed by atoms with van der Waals surface area (Å²) < 4.78 is 1.54. The molecule has 5 aromatic rings. The molecule has 0 saturated heterocycles. The third-order valence-electron chi connectivity index (χ3n) is 4.44. The Kier molecular flexibility index (Phi) is 3.61. The molecule has 2 N–H and O–H groups in total. The number of anilines is 1. The van der Waals surface area contributed by atoms with Crippen LogP contribution in [0.5, 0.6) is 0 Å². The number of nitrogens with one attached hydrogen (secondary N) is 2. The Morgan fingerprint density at radius 3 is 2.64 bits per heavy atom. The molecule has 0 radical (unpaired) electrons. The second-order valence-corrected chi connectivity index (χ2v) is 6.37. The van der Waals surface area contributed by atoms with Gasteiger partial charge in [-0.2, -0.15) is 4.98 Å². The van der Waals surface area contributed by atoms with Gasteiger partial charge in [-0.1, -0.05) is 12.1 Å². The fourth-order valence-corrected chi connectivity index (χ4v) is 2.99. The van der Waals surface area contributed by atoms with Crippen LogP contribution in [0.2, 0.25) is 0 Å². The zero-order valence-corrected chi connectivity index (χ0v) is 14.9. The van der Waals surface area contributed by atoms with Crippen molar-refractivity contribution in [2.24, 2.45) is 0 Å². The van der Waals surface area contributed by atoms with Crippen LogP contribution >= 0.6 is 0 Å². The molecule has 8 nitrogen and oxygen atoms in total. The number of para-hydroxylation sites is 2. The number of imidazole rings is 1. The fourth-order valence-electron chi connectivity index (χ4n) is 2.99. The molecule has 3 aromatic heterocycles. The highest BCUT2D eigenvalue weighted by Gasteiger charge is 2.15. The van der Waals surface area contributed by atoms with E-state index in [-0.39, 0.29) is 11.7 Å². The van der Waals surface area contributed by atoms with Crippen molar-refractivity contribution in [3.8, 4) is 11.4 Å². The van der Waals surface area contributed by atoms with Gasteiger partial charge in [0.15, 0.2) is 0 Å². The maximum atomic E-state index is 12.5. The number of aromatic amines is 1. The molecular formula is C20H15N7O. The number of carbonyl (C=O) groups excluding carboxylic acids is 1. The Balaban J connectivity index is 1.38. The Morgan fingerprint density at radius 1 is 1.04 bits per heavy atom. The summed E-state index contributed by atoms with van der Waals surface area (Å²) in [5.41, 5.74) is 4.33. The molecule has 136 valence electrons. The van der Waals surface area contributed by atoms with Gasteiger partial charge in [0.25, 0.3) is 11.7 Å². The molecule has 0 aliphatic carbocycles. The smallest absolute Gasteiger partial charge is 0.295 e. The SMILES string of the molecule is Cc1ccnc2nc(C(=O)Nc3ccc(-c4nc5ccccc5[nH]4)cc3)nn12. The van der Waals surface area contributed by atoms with Crippen molar-refractivity contribution in [3.63, 3.8) is 0 Å². The Labute approximate surface area is 159 Å². The van der Waals surface area contributed by atoms with Crippen LogP contribution in [-0.4, -0.2) is 35.5 Å². The summed E-state index contributed by atoms with van der Waals surface area (Å²) in [6.45, 7) is 1.88. The highest BCUT2D eigenvalue weighted by Crippen LogP contribution is 2.22. The van der Waals surface area contributed by atoms with Crippen LogP contribution in [0.25, 0.3) is 28.2 Å². The number of fused-ring (bicyclic) bond motifs is 2. The fraction of sp³-hybridized carbons (Fsp3) is 0.0500. The molecule has 2 aromatic carbocycles. The largest absolute Gasteiger partial charge is 0.338 e. The van der Waals surface area contributed by atoms with E-state index in [1.807, 2.05) is 55.5 Å². The van der Waals surface area contributed by atoms with Gasteiger partial charge in [-0.3, -0.25) is 4.79 Å². The molecule has 0 unspecified atom stereocenters. The maximum Gasteiger partial charge on any atom is 0.295 e. The van der Waals surface area contributed by atoms with Gasteiger partial charge in [-0.15, -0.1) is 5.10 Å². The lowest BCUT2D eigenvalue weighted by Crippen LogP contribution is -2.14. The first-order valence-electron chi connectivity index (χ1n) is 8.72. The van der Waals surface area contributed by atoms with Crippen molar-refractivity contribution in [2.45, 2.75) is 6.92 Å². The first-order chi connectivity index (χ1) is 13.7. The molecule has 1 amide bonds. The number of benzene rings is 2. The van der Waals surface area contributed by atoms with E-state index in [4.69, 9.17) is 0 Å². The number of amides is 1. The number of carbonyl (C=O) groups is 1. The average Bonchev–Trinajstić information content (AvgIpc) is 3.33. The van der Waals surface area contributed by atoms with E-state index in [1.165, 1.54) is 0 Å². The van der Waals surface area contributed by atoms with Crippen LogP contribution in [0.1, 0.15) is 16.3 Å². The first kappa shape index (κ1) is 16.1. The number of aromatic nitrogens is 6. The maximum absolute atomic E-state index is 12.5. The molecule has 0 aliphatic rings. The molecule has 28 heavy (non-hydrogen) atoms. The summed E-state index contributed by atoms with van der Waals surface area (Å²) >= 11 is 0. The first-order valence-corrected chi connectivity index (χ1v) is 8.72. The van der Waals surface area contributed by atoms with E-state index in [0.717, 1.165) is 28.1 Å². The molecule has 0 bridgehead atoms. The van der Waals surface area contributed by atoms with Crippen LogP contribution in [0.3, 0.4) is 0 Å². The standard InChI is InChI=1S/C20H15N7O/c1-12-10-11-21-20-25-18(26-27(12)20)19(28)22-14-8-6-13(7-9-14)17-23-15-4-2-3-5-16(15)24-17/h2-11H,1H3,(H,22,28)(H,23,24). The molecule has 5 rings (SSSR count). The number of hydrogen-bond acceptors (Lipinski definition) is 5. The number of nitrogens with zero attached hydrogens (tertiary/aromatic N) is 5. The topological polar surface area (TPSA) is 101 Å². The third kappa shape index (κ3) is 2.77. The number of aryl methyl sites for hydroxylation is 1. The molecule has 0 fully saturated rings. The van der Waals surface area contributed by atoms with Gasteiger partial charge >= 0.3 is 0 Å². The van der Waals surface area contributed by atoms with E-state index >= 15 is 0 Å². The normalized spacial score (nSPS) is 11.2. The van der Waals surface area contributed by atoms with Gasteiger partial charge in [0.1, 0.15) is 5.82 Å². The molecule has 3 heterocycles. The monoisotopic (exact) mass is 369 g/mol. The van der Waals surface area contributed by atoms with Crippen molar-refractivity contribution in [1.29, 1.82) is 0 Å². The quantitative estimate of drug-likeness (QED) is 0.508. The van der Waals surface area contributed by atoms with Crippen molar-refractivity contribution in [2.75, 3.05) is 5.32 Å². The highest BCUT2D eigenvalue weighted by atomic mass is 16.2. The van der Waals surface area contributed by atoms with E-state index in [9.17, 15) is 4.79 Å². The van der Waals surface area contributed by atoms with Gasteiger partial charge in [0.2, 0.25) is 5.82 Å². The molecule has 0 aliphatic heterocycles. The molecular weight excluding hydrogens is 354 g/mol. The van der Waals surface area contributed by atoms with Crippen LogP contribution in [0.15, 0.2) is 60.8 Å². The number of hydrogen-bond donors (Lipinski definition) is 2. The molecule has 0 saturated carbocycles. The number of rotatable bonds is 3. The Bertz CT molecular complexity index is 1280. The minimum absolute atomic E-state index is 0.0724. The van der Waals surface area contributed by atoms with Gasteiger partial charge in [-0.25, -0.2) is 14.5 Å². The van der Waals surface area contributed by atoms with Crippen molar-refractivity contribution >= 4 is 28.4 Å². The predicted octanol–water partition coefficient (Wildman–Crippen LogP) is 3.23. The molecule has 0 atom stereocenters. The van der Waals surface area contributed by atoms with Gasteiger partial charge in [0.05, 0.1) is 11.0 Å². The van der Waals surface area contributed by atoms with Crippen LogP contribution in [0.4, 0.5) is 5.69 Å². The lowest BCUT2D eigenvalue weighted by atomic mass is 10.2. The van der Waals surface area contributed by atoms with E-state index in [1.54, 1.807) is 16.8 Å². The van der Waals surface area contributed by atoms with Gasteiger partial charge < -0.3 is 10.3 Å². The predicted molar refractivity (Wildman–Crippen MR) is 105 cm³/mol. The lowest BCUT2D eigenvalue weighted by Gasteiger charge is -2.03. The second-order valence-electron chi connectivity index (χ2n) is 6.37. The molecule has 8 heteroatoms.